The van der Waals surface area contributed by atoms with Gasteiger partial charge in [0, 0.05) is 5.41 Å². The van der Waals surface area contributed by atoms with Crippen molar-refractivity contribution in [2.45, 2.75) is 51.0 Å². The molecule has 126 valence electrons. The second kappa shape index (κ2) is 5.79. The monoisotopic (exact) mass is 327 g/mol. The average Bonchev–Trinajstić information content (AvgIpc) is 3.12. The topological polar surface area (TPSA) is 75.6 Å². The van der Waals surface area contributed by atoms with E-state index < -0.39 is 34.7 Å². The van der Waals surface area contributed by atoms with Gasteiger partial charge in [-0.2, -0.15) is 0 Å². The molecule has 2 N–H and O–H groups in total. The van der Waals surface area contributed by atoms with Crippen LogP contribution in [0.3, 0.4) is 0 Å². The summed E-state index contributed by atoms with van der Waals surface area (Å²) < 4.78 is 32.7. The van der Waals surface area contributed by atoms with Crippen LogP contribution in [0.4, 0.5) is 19.3 Å². The van der Waals surface area contributed by atoms with Gasteiger partial charge in [0.1, 0.15) is 5.60 Å². The van der Waals surface area contributed by atoms with Gasteiger partial charge in [-0.15, -0.1) is 0 Å². The van der Waals surface area contributed by atoms with Gasteiger partial charge in [0.05, 0.1) is 12.1 Å². The van der Waals surface area contributed by atoms with Gasteiger partial charge in [-0.1, -0.05) is 0 Å². The molecule has 1 aliphatic carbocycles. The first-order valence-corrected chi connectivity index (χ1v) is 7.24. The van der Waals surface area contributed by atoms with E-state index in [9.17, 15) is 18.4 Å². The lowest BCUT2D eigenvalue weighted by Gasteiger charge is -2.21. The second-order valence-electron chi connectivity index (χ2n) is 6.80. The zero-order chi connectivity index (χ0) is 17.4. The smallest absolute Gasteiger partial charge is 0.412 e. The number of aliphatic carboxylic acids is 1. The molecular formula is C16H19F2NO4. The molecule has 1 fully saturated rings. The number of amides is 1. The lowest BCUT2D eigenvalue weighted by Crippen LogP contribution is -2.27. The number of carbonyl (C=O) groups excluding carboxylic acids is 1. The predicted molar refractivity (Wildman–Crippen MR) is 79.4 cm³/mol. The number of hydrogen-bond donors (Lipinski definition) is 2. The number of halogens is 2. The van der Waals surface area contributed by atoms with E-state index in [-0.39, 0.29) is 12.1 Å². The Hall–Kier alpha value is -2.18. The number of carboxylic acids is 1. The summed E-state index contributed by atoms with van der Waals surface area (Å²) in [6, 6.07) is 2.27. The van der Waals surface area contributed by atoms with Crippen molar-refractivity contribution in [1.29, 1.82) is 0 Å². The van der Waals surface area contributed by atoms with Gasteiger partial charge in [-0.05, 0) is 51.3 Å². The predicted octanol–water partition coefficient (Wildman–Crippen LogP) is 3.82. The molecule has 0 aliphatic heterocycles. The first-order chi connectivity index (χ1) is 10.5. The highest BCUT2D eigenvalue weighted by molar-refractivity contribution is 5.85. The minimum Gasteiger partial charge on any atom is -0.481 e. The van der Waals surface area contributed by atoms with Crippen molar-refractivity contribution in [1.82, 2.24) is 0 Å². The number of rotatable bonds is 4. The summed E-state index contributed by atoms with van der Waals surface area (Å²) in [4.78, 5) is 22.7. The van der Waals surface area contributed by atoms with Crippen molar-refractivity contribution in [3.8, 4) is 0 Å². The second-order valence-corrected chi connectivity index (χ2v) is 6.80. The molecule has 0 radical (unpaired) electrons. The average molecular weight is 327 g/mol. The minimum absolute atomic E-state index is 0.163. The summed E-state index contributed by atoms with van der Waals surface area (Å²) in [7, 11) is 0. The van der Waals surface area contributed by atoms with E-state index in [1.807, 2.05) is 0 Å². The Labute approximate surface area is 132 Å². The highest BCUT2D eigenvalue weighted by Crippen LogP contribution is 2.51. The van der Waals surface area contributed by atoms with Crippen LogP contribution in [-0.4, -0.2) is 22.8 Å². The molecule has 7 heteroatoms. The van der Waals surface area contributed by atoms with Crippen LogP contribution in [0.25, 0.3) is 0 Å². The summed E-state index contributed by atoms with van der Waals surface area (Å²) in [6.45, 7) is 4.93. The molecule has 1 saturated carbocycles. The summed E-state index contributed by atoms with van der Waals surface area (Å²) in [5.74, 6) is -3.34. The molecule has 0 bridgehead atoms. The number of anilines is 1. The highest BCUT2D eigenvalue weighted by Gasteiger charge is 2.46. The molecule has 0 saturated heterocycles. The molecule has 23 heavy (non-hydrogen) atoms. The first kappa shape index (κ1) is 17.2. The zero-order valence-corrected chi connectivity index (χ0v) is 13.2. The third kappa shape index (κ3) is 4.18. The Balaban J connectivity index is 2.27. The van der Waals surface area contributed by atoms with Crippen molar-refractivity contribution in [3.05, 3.63) is 29.3 Å². The normalized spacial score (nSPS) is 15.9. The first-order valence-electron chi connectivity index (χ1n) is 7.24. The van der Waals surface area contributed by atoms with Crippen LogP contribution < -0.4 is 5.32 Å². The fourth-order valence-corrected chi connectivity index (χ4v) is 2.41. The Kier molecular flexibility index (Phi) is 4.32. The summed E-state index contributed by atoms with van der Waals surface area (Å²) in [6.07, 6.45) is 0.0900. The molecule has 1 aromatic rings. The van der Waals surface area contributed by atoms with Gasteiger partial charge in [-0.3, -0.25) is 10.1 Å². The third-order valence-corrected chi connectivity index (χ3v) is 3.62. The van der Waals surface area contributed by atoms with Crippen LogP contribution >= 0.6 is 0 Å². The van der Waals surface area contributed by atoms with E-state index in [2.05, 4.69) is 5.32 Å². The molecule has 0 spiro atoms. The molecular weight excluding hydrogens is 308 g/mol. The zero-order valence-electron chi connectivity index (χ0n) is 13.2. The summed E-state index contributed by atoms with van der Waals surface area (Å²) in [5, 5.41) is 11.1. The Morgan fingerprint density at radius 2 is 1.91 bits per heavy atom. The molecule has 1 amide bonds. The number of carbonyl (C=O) groups is 2. The fourth-order valence-electron chi connectivity index (χ4n) is 2.41. The van der Waals surface area contributed by atoms with Gasteiger partial charge in [-0.25, -0.2) is 13.6 Å². The van der Waals surface area contributed by atoms with Crippen LogP contribution in [0.5, 0.6) is 0 Å². The van der Waals surface area contributed by atoms with Crippen molar-refractivity contribution < 1.29 is 28.2 Å². The van der Waals surface area contributed by atoms with E-state index in [0.29, 0.717) is 18.4 Å². The summed E-state index contributed by atoms with van der Waals surface area (Å²) in [5.41, 5.74) is -1.46. The van der Waals surface area contributed by atoms with Crippen LogP contribution in [0, 0.1) is 11.6 Å². The maximum absolute atomic E-state index is 13.9. The van der Waals surface area contributed by atoms with Crippen LogP contribution in [0.2, 0.25) is 0 Å². The largest absolute Gasteiger partial charge is 0.481 e. The van der Waals surface area contributed by atoms with Crippen molar-refractivity contribution in [3.63, 3.8) is 0 Å². The number of hydrogen-bond acceptors (Lipinski definition) is 3. The number of carboxylic acid groups (broad SMARTS) is 1. The van der Waals surface area contributed by atoms with Crippen molar-refractivity contribution >= 4 is 17.7 Å². The molecule has 1 aliphatic rings. The Bertz CT molecular complexity index is 648. The number of nitrogens with one attached hydrogen (secondary N) is 1. The van der Waals surface area contributed by atoms with Crippen molar-refractivity contribution in [2.75, 3.05) is 5.32 Å². The van der Waals surface area contributed by atoms with Gasteiger partial charge in [0.2, 0.25) is 0 Å². The standard InChI is InChI=1S/C16H19F2NO4/c1-15(2,3)23-14(22)19-11-7-9(6-10(17)13(11)18)16(4-5-16)8-12(20)21/h6-7H,4-5,8H2,1-3H3,(H,19,22)(H,20,21). The maximum atomic E-state index is 13.9. The molecule has 0 aromatic heterocycles. The molecule has 0 atom stereocenters. The van der Waals surface area contributed by atoms with E-state index in [4.69, 9.17) is 9.84 Å². The highest BCUT2D eigenvalue weighted by atomic mass is 19.2. The Morgan fingerprint density at radius 1 is 1.30 bits per heavy atom. The fraction of sp³-hybridized carbons (Fsp3) is 0.500. The van der Waals surface area contributed by atoms with Gasteiger partial charge in [0.25, 0.3) is 0 Å². The van der Waals surface area contributed by atoms with E-state index in [1.54, 1.807) is 20.8 Å². The summed E-state index contributed by atoms with van der Waals surface area (Å²) >= 11 is 0. The lowest BCUT2D eigenvalue weighted by molar-refractivity contribution is -0.137. The maximum Gasteiger partial charge on any atom is 0.412 e. The molecule has 1 aromatic carbocycles. The van der Waals surface area contributed by atoms with Gasteiger partial charge < -0.3 is 9.84 Å². The minimum atomic E-state index is -1.20. The van der Waals surface area contributed by atoms with Crippen molar-refractivity contribution in [2.24, 2.45) is 0 Å². The van der Waals surface area contributed by atoms with E-state index in [1.165, 1.54) is 6.07 Å². The third-order valence-electron chi connectivity index (χ3n) is 3.62. The SMILES string of the molecule is CC(C)(C)OC(=O)Nc1cc(C2(CC(=O)O)CC2)cc(F)c1F. The molecule has 0 unspecified atom stereocenters. The van der Waals surface area contributed by atoms with Gasteiger partial charge >= 0.3 is 12.1 Å². The number of ether oxygens (including phenoxy) is 1. The Morgan fingerprint density at radius 3 is 2.39 bits per heavy atom. The van der Waals surface area contributed by atoms with Crippen LogP contribution in [0.15, 0.2) is 12.1 Å². The lowest BCUT2D eigenvalue weighted by atomic mass is 9.92. The molecule has 2 rings (SSSR count). The van der Waals surface area contributed by atoms with E-state index in [0.717, 1.165) is 6.07 Å². The van der Waals surface area contributed by atoms with Crippen LogP contribution in [-0.2, 0) is 14.9 Å². The van der Waals surface area contributed by atoms with Gasteiger partial charge in [0.15, 0.2) is 11.6 Å². The van der Waals surface area contributed by atoms with E-state index >= 15 is 0 Å². The quantitative estimate of drug-likeness (QED) is 0.881. The molecule has 5 nitrogen and oxygen atoms in total. The number of benzene rings is 1. The molecule has 0 heterocycles. The van der Waals surface area contributed by atoms with Crippen LogP contribution in [0.1, 0.15) is 45.6 Å².